The molecule has 7 nitrogen and oxygen atoms in total. The number of methoxy groups -OCH3 is 1. The van der Waals surface area contributed by atoms with Crippen LogP contribution in [0.5, 0.6) is 5.75 Å². The van der Waals surface area contributed by atoms with Crippen LogP contribution in [0.3, 0.4) is 0 Å². The van der Waals surface area contributed by atoms with Crippen molar-refractivity contribution < 1.29 is 18.3 Å². The molecule has 1 atom stereocenters. The fourth-order valence-corrected chi connectivity index (χ4v) is 4.70. The number of aliphatic hydroxyl groups is 1. The fraction of sp³-hybridized carbons (Fsp3) is 0.250. The lowest BCUT2D eigenvalue weighted by molar-refractivity contribution is 0.265. The highest BCUT2D eigenvalue weighted by molar-refractivity contribution is 7.91. The van der Waals surface area contributed by atoms with E-state index in [0.29, 0.717) is 17.0 Å². The molecule has 1 aromatic heterocycles. The van der Waals surface area contributed by atoms with E-state index in [0.717, 1.165) is 5.56 Å². The van der Waals surface area contributed by atoms with Gasteiger partial charge in [-0.2, -0.15) is 5.10 Å². The largest absolute Gasteiger partial charge is 0.497 e. The second-order valence-corrected chi connectivity index (χ2v) is 8.31. The standard InChI is InChI=1S/C20H23N3O4S/c1-23-20(28(25,26)17-10-8-16(27-2)9-11-17)18(12-15(21)13-24)19(22-23)14-6-4-3-5-7-14/h3-11,15,24H,12-13,21H2,1-2H3. The van der Waals surface area contributed by atoms with Crippen LogP contribution in [0.15, 0.2) is 64.5 Å². The number of hydrogen-bond donors (Lipinski definition) is 2. The van der Waals surface area contributed by atoms with E-state index in [1.807, 2.05) is 30.3 Å². The number of aliphatic hydroxyl groups excluding tert-OH is 1. The fourth-order valence-electron chi connectivity index (χ4n) is 3.09. The molecule has 8 heteroatoms. The van der Waals surface area contributed by atoms with Gasteiger partial charge in [0.1, 0.15) is 5.75 Å². The van der Waals surface area contributed by atoms with Gasteiger partial charge in [0.05, 0.1) is 24.3 Å². The first kappa shape index (κ1) is 20.1. The first-order valence-corrected chi connectivity index (χ1v) is 10.2. The highest BCUT2D eigenvalue weighted by Gasteiger charge is 2.30. The Balaban J connectivity index is 2.20. The summed E-state index contributed by atoms with van der Waals surface area (Å²) in [4.78, 5) is 0.134. The summed E-state index contributed by atoms with van der Waals surface area (Å²) in [7, 11) is -0.746. The molecule has 0 fully saturated rings. The van der Waals surface area contributed by atoms with Gasteiger partial charge in [0.2, 0.25) is 9.84 Å². The van der Waals surface area contributed by atoms with E-state index in [1.54, 1.807) is 19.2 Å². The van der Waals surface area contributed by atoms with Crippen molar-refractivity contribution in [3.63, 3.8) is 0 Å². The molecule has 1 unspecified atom stereocenters. The van der Waals surface area contributed by atoms with Crippen LogP contribution in [0.2, 0.25) is 0 Å². The summed E-state index contributed by atoms with van der Waals surface area (Å²) in [5.74, 6) is 0.566. The minimum absolute atomic E-state index is 0.0698. The molecule has 0 spiro atoms. The van der Waals surface area contributed by atoms with Gasteiger partial charge in [-0.05, 0) is 30.7 Å². The molecule has 0 aliphatic rings. The monoisotopic (exact) mass is 401 g/mol. The van der Waals surface area contributed by atoms with E-state index in [-0.39, 0.29) is 22.9 Å². The summed E-state index contributed by atoms with van der Waals surface area (Å²) in [6.45, 7) is -0.259. The van der Waals surface area contributed by atoms with Crippen molar-refractivity contribution in [3.05, 3.63) is 60.2 Å². The Morgan fingerprint density at radius 3 is 2.36 bits per heavy atom. The first-order chi connectivity index (χ1) is 13.4. The van der Waals surface area contributed by atoms with Crippen molar-refractivity contribution in [2.75, 3.05) is 13.7 Å². The lowest BCUT2D eigenvalue weighted by atomic mass is 10.0. The smallest absolute Gasteiger partial charge is 0.223 e. The molecule has 0 aliphatic heterocycles. The van der Waals surface area contributed by atoms with Gasteiger partial charge in [0.25, 0.3) is 0 Å². The average molecular weight is 401 g/mol. The topological polar surface area (TPSA) is 107 Å². The van der Waals surface area contributed by atoms with Crippen LogP contribution in [0.4, 0.5) is 0 Å². The van der Waals surface area contributed by atoms with Gasteiger partial charge in [-0.25, -0.2) is 8.42 Å². The van der Waals surface area contributed by atoms with Crippen LogP contribution < -0.4 is 10.5 Å². The normalized spacial score (nSPS) is 12.7. The Morgan fingerprint density at radius 1 is 1.14 bits per heavy atom. The Hall–Kier alpha value is -2.68. The molecule has 3 rings (SSSR count). The molecule has 3 N–H and O–H groups in total. The number of hydrogen-bond acceptors (Lipinski definition) is 6. The van der Waals surface area contributed by atoms with Crippen molar-refractivity contribution in [2.45, 2.75) is 22.4 Å². The van der Waals surface area contributed by atoms with Gasteiger partial charge < -0.3 is 15.6 Å². The molecule has 0 bridgehead atoms. The maximum Gasteiger partial charge on any atom is 0.223 e. The van der Waals surface area contributed by atoms with E-state index >= 15 is 0 Å². The first-order valence-electron chi connectivity index (χ1n) is 8.75. The van der Waals surface area contributed by atoms with Gasteiger partial charge >= 0.3 is 0 Å². The zero-order valence-corrected chi connectivity index (χ0v) is 16.6. The Labute approximate surface area is 164 Å². The van der Waals surface area contributed by atoms with Crippen molar-refractivity contribution in [1.82, 2.24) is 9.78 Å². The van der Waals surface area contributed by atoms with Crippen molar-refractivity contribution in [2.24, 2.45) is 12.8 Å². The van der Waals surface area contributed by atoms with Crippen LogP contribution in [0.1, 0.15) is 5.56 Å². The minimum atomic E-state index is -3.86. The summed E-state index contributed by atoms with van der Waals surface area (Å²) < 4.78 is 33.2. The molecule has 0 saturated carbocycles. The number of nitrogens with two attached hydrogens (primary N) is 1. The maximum atomic E-state index is 13.4. The molecule has 28 heavy (non-hydrogen) atoms. The number of sulfone groups is 1. The zero-order valence-electron chi connectivity index (χ0n) is 15.7. The summed E-state index contributed by atoms with van der Waals surface area (Å²) in [5, 5.41) is 14.0. The number of benzene rings is 2. The third-order valence-electron chi connectivity index (χ3n) is 4.46. The van der Waals surface area contributed by atoms with Crippen LogP contribution in [-0.4, -0.2) is 43.1 Å². The highest BCUT2D eigenvalue weighted by atomic mass is 32.2. The summed E-state index contributed by atoms with van der Waals surface area (Å²) in [6.07, 6.45) is 0.180. The second-order valence-electron chi connectivity index (χ2n) is 6.45. The van der Waals surface area contributed by atoms with E-state index in [2.05, 4.69) is 5.10 Å². The summed E-state index contributed by atoms with van der Waals surface area (Å²) in [5.41, 5.74) is 7.77. The number of ether oxygens (including phenoxy) is 1. The van der Waals surface area contributed by atoms with Crippen molar-refractivity contribution in [1.29, 1.82) is 0 Å². The maximum absolute atomic E-state index is 13.4. The van der Waals surface area contributed by atoms with Crippen LogP contribution in [-0.2, 0) is 23.3 Å². The van der Waals surface area contributed by atoms with Gasteiger partial charge in [0.15, 0.2) is 5.03 Å². The molecule has 2 aromatic carbocycles. The molecule has 1 heterocycles. The predicted molar refractivity (Wildman–Crippen MR) is 106 cm³/mol. The van der Waals surface area contributed by atoms with Gasteiger partial charge in [0, 0.05) is 24.2 Å². The van der Waals surface area contributed by atoms with Gasteiger partial charge in [-0.1, -0.05) is 30.3 Å². The Bertz CT molecular complexity index is 1050. The van der Waals surface area contributed by atoms with Crippen molar-refractivity contribution >= 4 is 9.84 Å². The van der Waals surface area contributed by atoms with E-state index < -0.39 is 15.9 Å². The lowest BCUT2D eigenvalue weighted by Gasteiger charge is -2.12. The number of aryl methyl sites for hydroxylation is 1. The van der Waals surface area contributed by atoms with Crippen LogP contribution >= 0.6 is 0 Å². The van der Waals surface area contributed by atoms with Gasteiger partial charge in [-0.3, -0.25) is 4.68 Å². The van der Waals surface area contributed by atoms with E-state index in [1.165, 1.54) is 23.9 Å². The molecule has 3 aromatic rings. The predicted octanol–water partition coefficient (Wildman–Crippen LogP) is 1.79. The number of nitrogens with zero attached hydrogens (tertiary/aromatic N) is 2. The minimum Gasteiger partial charge on any atom is -0.497 e. The number of aromatic nitrogens is 2. The second kappa shape index (κ2) is 8.14. The molecule has 0 saturated heterocycles. The lowest BCUT2D eigenvalue weighted by Crippen LogP contribution is -2.27. The molecular formula is C20H23N3O4S. The van der Waals surface area contributed by atoms with Gasteiger partial charge in [-0.15, -0.1) is 0 Å². The summed E-state index contributed by atoms with van der Waals surface area (Å²) in [6, 6.07) is 14.9. The quantitative estimate of drug-likeness (QED) is 0.625. The number of rotatable bonds is 7. The Morgan fingerprint density at radius 2 is 1.79 bits per heavy atom. The Kier molecular flexibility index (Phi) is 5.83. The molecule has 0 amide bonds. The van der Waals surface area contributed by atoms with Crippen LogP contribution in [0.25, 0.3) is 11.3 Å². The molecule has 0 radical (unpaired) electrons. The SMILES string of the molecule is COc1ccc(S(=O)(=O)c2c(CC(N)CO)c(-c3ccccc3)nn2C)cc1. The third kappa shape index (κ3) is 3.80. The van der Waals surface area contributed by atoms with E-state index in [4.69, 9.17) is 10.5 Å². The molecular weight excluding hydrogens is 378 g/mol. The highest BCUT2D eigenvalue weighted by Crippen LogP contribution is 2.32. The summed E-state index contributed by atoms with van der Waals surface area (Å²) >= 11 is 0. The average Bonchev–Trinajstić information content (AvgIpc) is 3.05. The van der Waals surface area contributed by atoms with Crippen molar-refractivity contribution in [3.8, 4) is 17.0 Å². The molecule has 148 valence electrons. The van der Waals surface area contributed by atoms with Crippen LogP contribution in [0, 0.1) is 0 Å². The third-order valence-corrected chi connectivity index (χ3v) is 6.37. The molecule has 0 aliphatic carbocycles. The van der Waals surface area contributed by atoms with E-state index in [9.17, 15) is 13.5 Å². The zero-order chi connectivity index (χ0) is 20.3.